The van der Waals surface area contributed by atoms with Gasteiger partial charge in [-0.25, -0.2) is 4.79 Å². The Kier molecular flexibility index (Phi) is 8.26. The highest BCUT2D eigenvalue weighted by Crippen LogP contribution is 2.15. The van der Waals surface area contributed by atoms with E-state index in [0.29, 0.717) is 0 Å². The zero-order chi connectivity index (χ0) is 12.4. The van der Waals surface area contributed by atoms with Crippen LogP contribution in [0.2, 0.25) is 0 Å². The van der Waals surface area contributed by atoms with Gasteiger partial charge in [0.2, 0.25) is 0 Å². The summed E-state index contributed by atoms with van der Waals surface area (Å²) >= 11 is 0. The predicted octanol–water partition coefficient (Wildman–Crippen LogP) is 3.14. The summed E-state index contributed by atoms with van der Waals surface area (Å²) in [5.74, 6) is 0. The molecule has 0 saturated heterocycles. The minimum Gasteiger partial charge on any atom is -0.438 e. The Bertz CT molecular complexity index is 181. The van der Waals surface area contributed by atoms with Gasteiger partial charge in [-0.3, -0.25) is 5.32 Å². The normalized spacial score (nSPS) is 13.5. The fourth-order valence-electron chi connectivity index (χ4n) is 1.89. The van der Waals surface area contributed by atoms with E-state index < -0.39 is 0 Å². The minimum absolute atomic E-state index is 0.0164. The Balaban J connectivity index is 3.64. The topological polar surface area (TPSA) is 38.3 Å². The molecule has 1 radical (unpaired) electrons. The Morgan fingerprint density at radius 2 is 1.88 bits per heavy atom. The van der Waals surface area contributed by atoms with Crippen molar-refractivity contribution < 1.29 is 9.53 Å². The molecule has 95 valence electrons. The second kappa shape index (κ2) is 8.57. The van der Waals surface area contributed by atoms with Gasteiger partial charge in [-0.2, -0.15) is 0 Å². The lowest BCUT2D eigenvalue weighted by Gasteiger charge is -2.29. The zero-order valence-corrected chi connectivity index (χ0v) is 11.1. The van der Waals surface area contributed by atoms with Crippen molar-refractivity contribution in [3.8, 4) is 0 Å². The van der Waals surface area contributed by atoms with Gasteiger partial charge in [0.1, 0.15) is 0 Å². The van der Waals surface area contributed by atoms with Crippen molar-refractivity contribution in [1.82, 2.24) is 5.32 Å². The molecule has 0 spiro atoms. The highest BCUT2D eigenvalue weighted by molar-refractivity contribution is 5.38. The van der Waals surface area contributed by atoms with E-state index in [9.17, 15) is 4.79 Å². The van der Waals surface area contributed by atoms with Gasteiger partial charge in [0, 0.05) is 5.54 Å². The number of hydrogen-bond acceptors (Lipinski definition) is 3. The van der Waals surface area contributed by atoms with Crippen molar-refractivity contribution in [3.05, 3.63) is 0 Å². The summed E-state index contributed by atoms with van der Waals surface area (Å²) in [5, 5.41) is 3.26. The summed E-state index contributed by atoms with van der Waals surface area (Å²) in [5.41, 5.74) is 0.0164. The summed E-state index contributed by atoms with van der Waals surface area (Å²) in [6, 6.07) is 0. The molecule has 0 bridgehead atoms. The average molecular weight is 228 g/mol. The van der Waals surface area contributed by atoms with Gasteiger partial charge in [0.05, 0.1) is 0 Å². The van der Waals surface area contributed by atoms with Crippen molar-refractivity contribution in [2.75, 3.05) is 0 Å². The lowest BCUT2D eigenvalue weighted by molar-refractivity contribution is 0.119. The van der Waals surface area contributed by atoms with E-state index in [1.165, 1.54) is 38.6 Å². The molecule has 0 amide bonds. The van der Waals surface area contributed by atoms with Crippen molar-refractivity contribution in [2.45, 2.75) is 78.0 Å². The molecule has 0 heterocycles. The van der Waals surface area contributed by atoms with E-state index in [0.717, 1.165) is 6.42 Å². The standard InChI is InChI=1S/C13H26NO2/c1-5-6-7-8-9-10-13(3,4)14-12(2)16-11-15/h12,14H,5-10H2,1-4H3. The van der Waals surface area contributed by atoms with Crippen LogP contribution >= 0.6 is 0 Å². The smallest absolute Gasteiger partial charge is 0.419 e. The molecule has 3 heteroatoms. The fourth-order valence-corrected chi connectivity index (χ4v) is 1.89. The molecule has 1 atom stereocenters. The molecule has 0 aliphatic carbocycles. The van der Waals surface area contributed by atoms with Gasteiger partial charge >= 0.3 is 6.47 Å². The third-order valence-corrected chi connectivity index (χ3v) is 2.72. The van der Waals surface area contributed by atoms with Crippen LogP contribution < -0.4 is 5.32 Å². The number of carbonyl (C=O) groups excluding carboxylic acids is 1. The molecular formula is C13H26NO2. The summed E-state index contributed by atoms with van der Waals surface area (Å²) in [7, 11) is 0. The summed E-state index contributed by atoms with van der Waals surface area (Å²) in [6.45, 7) is 9.78. The number of unbranched alkanes of at least 4 members (excludes halogenated alkanes) is 4. The van der Waals surface area contributed by atoms with E-state index in [1.54, 1.807) is 0 Å². The molecule has 1 unspecified atom stereocenters. The first kappa shape index (κ1) is 15.4. The van der Waals surface area contributed by atoms with Gasteiger partial charge in [0.15, 0.2) is 6.23 Å². The summed E-state index contributed by atoms with van der Waals surface area (Å²) in [4.78, 5) is 10.0. The summed E-state index contributed by atoms with van der Waals surface area (Å²) < 4.78 is 4.71. The molecule has 0 aromatic rings. The second-order valence-corrected chi connectivity index (χ2v) is 5.04. The molecular weight excluding hydrogens is 202 g/mol. The van der Waals surface area contributed by atoms with Gasteiger partial charge in [-0.1, -0.05) is 39.0 Å². The third-order valence-electron chi connectivity index (χ3n) is 2.72. The Hall–Kier alpha value is -0.570. The van der Waals surface area contributed by atoms with Crippen LogP contribution in [0.5, 0.6) is 0 Å². The van der Waals surface area contributed by atoms with Crippen LogP contribution in [0.25, 0.3) is 0 Å². The average Bonchev–Trinajstić information content (AvgIpc) is 2.16. The quantitative estimate of drug-likeness (QED) is 0.461. The summed E-state index contributed by atoms with van der Waals surface area (Å²) in [6.07, 6.45) is 7.27. The Morgan fingerprint density at radius 1 is 1.25 bits per heavy atom. The monoisotopic (exact) mass is 228 g/mol. The Morgan fingerprint density at radius 3 is 2.44 bits per heavy atom. The van der Waals surface area contributed by atoms with E-state index in [-0.39, 0.29) is 11.8 Å². The van der Waals surface area contributed by atoms with Crippen LogP contribution in [0, 0.1) is 0 Å². The first-order chi connectivity index (χ1) is 7.52. The fraction of sp³-hybridized carbons (Fsp3) is 0.923. The maximum atomic E-state index is 10.0. The molecule has 1 N–H and O–H groups in total. The minimum atomic E-state index is -0.261. The number of nitrogens with one attached hydrogen (secondary N) is 1. The van der Waals surface area contributed by atoms with Crippen LogP contribution in [-0.2, 0) is 9.53 Å². The largest absolute Gasteiger partial charge is 0.438 e. The van der Waals surface area contributed by atoms with Gasteiger partial charge in [-0.15, -0.1) is 0 Å². The highest BCUT2D eigenvalue weighted by atomic mass is 16.5. The third kappa shape index (κ3) is 8.72. The number of rotatable bonds is 10. The SMILES string of the molecule is CCCCCCCC(C)(C)NC(C)O[C]=O. The van der Waals surface area contributed by atoms with E-state index in [1.807, 2.05) is 6.92 Å². The van der Waals surface area contributed by atoms with Crippen molar-refractivity contribution in [1.29, 1.82) is 0 Å². The molecule has 0 aliphatic rings. The predicted molar refractivity (Wildman–Crippen MR) is 66.8 cm³/mol. The van der Waals surface area contributed by atoms with Crippen LogP contribution in [-0.4, -0.2) is 18.2 Å². The maximum absolute atomic E-state index is 10.0. The lowest BCUT2D eigenvalue weighted by Crippen LogP contribution is -2.45. The van der Waals surface area contributed by atoms with Gasteiger partial charge < -0.3 is 4.74 Å². The van der Waals surface area contributed by atoms with E-state index >= 15 is 0 Å². The number of ether oxygens (including phenoxy) is 1. The molecule has 0 rings (SSSR count). The van der Waals surface area contributed by atoms with Crippen LogP contribution in [0.4, 0.5) is 0 Å². The van der Waals surface area contributed by atoms with E-state index in [4.69, 9.17) is 4.74 Å². The highest BCUT2D eigenvalue weighted by Gasteiger charge is 2.19. The van der Waals surface area contributed by atoms with Crippen molar-refractivity contribution in [3.63, 3.8) is 0 Å². The molecule has 16 heavy (non-hydrogen) atoms. The lowest BCUT2D eigenvalue weighted by atomic mass is 9.96. The van der Waals surface area contributed by atoms with Crippen LogP contribution in [0.3, 0.4) is 0 Å². The van der Waals surface area contributed by atoms with Gasteiger partial charge in [-0.05, 0) is 27.2 Å². The van der Waals surface area contributed by atoms with Crippen molar-refractivity contribution in [2.24, 2.45) is 0 Å². The molecule has 0 aromatic carbocycles. The van der Waals surface area contributed by atoms with Crippen LogP contribution in [0.1, 0.15) is 66.2 Å². The molecule has 3 nitrogen and oxygen atoms in total. The second-order valence-electron chi connectivity index (χ2n) is 5.04. The molecule has 0 aliphatic heterocycles. The Labute approximate surface area is 99.9 Å². The van der Waals surface area contributed by atoms with Gasteiger partial charge in [0.25, 0.3) is 0 Å². The molecule has 0 aromatic heterocycles. The first-order valence-electron chi connectivity index (χ1n) is 6.32. The van der Waals surface area contributed by atoms with Crippen molar-refractivity contribution >= 4 is 6.47 Å². The van der Waals surface area contributed by atoms with Crippen LogP contribution in [0.15, 0.2) is 0 Å². The maximum Gasteiger partial charge on any atom is 0.419 e. The number of hydrogen-bond donors (Lipinski definition) is 1. The molecule has 0 fully saturated rings. The first-order valence-corrected chi connectivity index (χ1v) is 6.32. The molecule has 0 saturated carbocycles. The zero-order valence-electron chi connectivity index (χ0n) is 11.1. The van der Waals surface area contributed by atoms with E-state index in [2.05, 4.69) is 26.1 Å².